The molecule has 146 valence electrons. The number of rotatable bonds is 5. The van der Waals surface area contributed by atoms with Crippen LogP contribution in [0.25, 0.3) is 10.2 Å². The molecule has 1 fully saturated rings. The molecule has 4 rings (SSSR count). The predicted molar refractivity (Wildman–Crippen MR) is 113 cm³/mol. The van der Waals surface area contributed by atoms with Crippen LogP contribution in [0.2, 0.25) is 0 Å². The van der Waals surface area contributed by atoms with Crippen molar-refractivity contribution < 1.29 is 14.3 Å². The molecule has 0 N–H and O–H groups in total. The third kappa shape index (κ3) is 3.75. The molecular weight excluding hydrogens is 372 g/mol. The third-order valence-corrected chi connectivity index (χ3v) is 6.14. The van der Waals surface area contributed by atoms with Crippen LogP contribution in [0, 0.1) is 13.8 Å². The van der Waals surface area contributed by atoms with Crippen LogP contribution in [0.5, 0.6) is 5.75 Å². The number of ether oxygens (including phenoxy) is 2. The van der Waals surface area contributed by atoms with Gasteiger partial charge < -0.3 is 9.47 Å². The number of thiazole rings is 1. The van der Waals surface area contributed by atoms with Gasteiger partial charge in [0.2, 0.25) is 0 Å². The number of carbonyl (C=O) groups is 1. The highest BCUT2D eigenvalue weighted by Crippen LogP contribution is 2.33. The van der Waals surface area contributed by atoms with Crippen molar-refractivity contribution in [1.29, 1.82) is 0 Å². The zero-order chi connectivity index (χ0) is 19.7. The van der Waals surface area contributed by atoms with Crippen molar-refractivity contribution in [2.75, 3.05) is 25.2 Å². The van der Waals surface area contributed by atoms with E-state index < -0.39 is 0 Å². The molecule has 2 aromatic carbocycles. The van der Waals surface area contributed by atoms with Gasteiger partial charge in [-0.25, -0.2) is 4.98 Å². The average Bonchev–Trinajstić information content (AvgIpc) is 3.34. The molecule has 0 spiro atoms. The summed E-state index contributed by atoms with van der Waals surface area (Å²) in [6, 6.07) is 11.7. The van der Waals surface area contributed by atoms with E-state index in [1.165, 1.54) is 11.3 Å². The number of hydrogen-bond acceptors (Lipinski definition) is 5. The van der Waals surface area contributed by atoms with Crippen molar-refractivity contribution in [3.05, 3.63) is 53.1 Å². The molecule has 0 bridgehead atoms. The second-order valence-corrected chi connectivity index (χ2v) is 8.21. The summed E-state index contributed by atoms with van der Waals surface area (Å²) in [5, 5.41) is 0.698. The van der Waals surface area contributed by atoms with Gasteiger partial charge >= 0.3 is 0 Å². The van der Waals surface area contributed by atoms with Gasteiger partial charge in [0, 0.05) is 18.2 Å². The van der Waals surface area contributed by atoms with Crippen LogP contribution in [0.4, 0.5) is 5.13 Å². The monoisotopic (exact) mass is 396 g/mol. The van der Waals surface area contributed by atoms with Gasteiger partial charge in [0.15, 0.2) is 5.13 Å². The lowest BCUT2D eigenvalue weighted by atomic mass is 10.0. The van der Waals surface area contributed by atoms with Crippen molar-refractivity contribution in [3.8, 4) is 5.75 Å². The second-order valence-electron chi connectivity index (χ2n) is 7.20. The van der Waals surface area contributed by atoms with Crippen LogP contribution in [0.3, 0.4) is 0 Å². The minimum Gasteiger partial charge on any atom is -0.497 e. The maximum atomic E-state index is 13.5. The summed E-state index contributed by atoms with van der Waals surface area (Å²) >= 11 is 1.52. The standard InChI is InChI=1S/C22H24N2O3S/c1-14-6-8-18(15(2)11-14)21(25)24(13-17-5-4-10-27-17)22-23-19-12-16(26-3)7-9-20(19)28-22/h6-9,11-12,17H,4-5,10,13H2,1-3H3. The molecule has 1 unspecified atom stereocenters. The minimum atomic E-state index is -0.0287. The number of fused-ring (bicyclic) bond motifs is 1. The van der Waals surface area contributed by atoms with E-state index in [-0.39, 0.29) is 12.0 Å². The molecule has 1 atom stereocenters. The SMILES string of the molecule is COc1ccc2sc(N(CC3CCCO3)C(=O)c3ccc(C)cc3C)nc2c1. The van der Waals surface area contributed by atoms with E-state index in [1.807, 2.05) is 50.2 Å². The van der Waals surface area contributed by atoms with Crippen molar-refractivity contribution in [1.82, 2.24) is 4.98 Å². The summed E-state index contributed by atoms with van der Waals surface area (Å²) in [7, 11) is 1.64. The van der Waals surface area contributed by atoms with Gasteiger partial charge in [0.1, 0.15) is 5.75 Å². The maximum Gasteiger partial charge on any atom is 0.260 e. The Morgan fingerprint density at radius 1 is 1.29 bits per heavy atom. The first-order chi connectivity index (χ1) is 13.5. The first-order valence-corrected chi connectivity index (χ1v) is 10.3. The molecule has 1 aliphatic rings. The lowest BCUT2D eigenvalue weighted by Gasteiger charge is -2.24. The van der Waals surface area contributed by atoms with Gasteiger partial charge in [-0.2, -0.15) is 0 Å². The number of nitrogens with zero attached hydrogens (tertiary/aromatic N) is 2. The van der Waals surface area contributed by atoms with Gasteiger partial charge in [-0.1, -0.05) is 29.0 Å². The highest BCUT2D eigenvalue weighted by Gasteiger charge is 2.27. The lowest BCUT2D eigenvalue weighted by Crippen LogP contribution is -2.37. The number of anilines is 1. The van der Waals surface area contributed by atoms with Crippen molar-refractivity contribution >= 4 is 32.6 Å². The van der Waals surface area contributed by atoms with Crippen LogP contribution in [-0.2, 0) is 4.74 Å². The quantitative estimate of drug-likeness (QED) is 0.625. The summed E-state index contributed by atoms with van der Waals surface area (Å²) in [4.78, 5) is 20.0. The van der Waals surface area contributed by atoms with E-state index >= 15 is 0 Å². The second kappa shape index (κ2) is 7.89. The molecule has 5 nitrogen and oxygen atoms in total. The van der Waals surface area contributed by atoms with E-state index in [1.54, 1.807) is 12.0 Å². The van der Waals surface area contributed by atoms with Gasteiger partial charge in [0.25, 0.3) is 5.91 Å². The molecular formula is C22H24N2O3S. The number of benzene rings is 2. The largest absolute Gasteiger partial charge is 0.497 e. The average molecular weight is 397 g/mol. The van der Waals surface area contributed by atoms with Crippen LogP contribution in [-0.4, -0.2) is 37.3 Å². The Morgan fingerprint density at radius 3 is 2.86 bits per heavy atom. The van der Waals surface area contributed by atoms with Gasteiger partial charge in [-0.3, -0.25) is 9.69 Å². The topological polar surface area (TPSA) is 51.7 Å². The fourth-order valence-corrected chi connectivity index (χ4v) is 4.53. The van der Waals surface area contributed by atoms with E-state index in [0.29, 0.717) is 17.2 Å². The van der Waals surface area contributed by atoms with Crippen molar-refractivity contribution in [3.63, 3.8) is 0 Å². The number of carbonyl (C=O) groups excluding carboxylic acids is 1. The van der Waals surface area contributed by atoms with E-state index in [9.17, 15) is 4.79 Å². The molecule has 0 aliphatic carbocycles. The summed E-state index contributed by atoms with van der Waals surface area (Å²) < 4.78 is 12.2. The summed E-state index contributed by atoms with van der Waals surface area (Å²) in [5.74, 6) is 0.731. The number of methoxy groups -OCH3 is 1. The van der Waals surface area contributed by atoms with E-state index in [0.717, 1.165) is 46.5 Å². The van der Waals surface area contributed by atoms with Gasteiger partial charge in [-0.05, 0) is 50.5 Å². The number of hydrogen-bond donors (Lipinski definition) is 0. The van der Waals surface area contributed by atoms with Gasteiger partial charge in [0.05, 0.1) is 30.0 Å². The zero-order valence-corrected chi connectivity index (χ0v) is 17.2. The molecule has 28 heavy (non-hydrogen) atoms. The minimum absolute atomic E-state index is 0.0287. The zero-order valence-electron chi connectivity index (χ0n) is 16.4. The molecule has 6 heteroatoms. The Balaban J connectivity index is 1.73. The molecule has 2 heterocycles. The normalized spacial score (nSPS) is 16.5. The first-order valence-electron chi connectivity index (χ1n) is 9.50. The molecule has 3 aromatic rings. The highest BCUT2D eigenvalue weighted by atomic mass is 32.1. The van der Waals surface area contributed by atoms with Crippen LogP contribution >= 0.6 is 11.3 Å². The molecule has 0 saturated carbocycles. The lowest BCUT2D eigenvalue weighted by molar-refractivity contribution is 0.0917. The Labute approximate surface area is 168 Å². The van der Waals surface area contributed by atoms with Crippen molar-refractivity contribution in [2.24, 2.45) is 0 Å². The number of amides is 1. The Kier molecular flexibility index (Phi) is 5.33. The summed E-state index contributed by atoms with van der Waals surface area (Å²) in [6.07, 6.45) is 2.05. The number of aryl methyl sites for hydroxylation is 2. The van der Waals surface area contributed by atoms with Crippen molar-refractivity contribution in [2.45, 2.75) is 32.8 Å². The molecule has 0 radical (unpaired) electrons. The highest BCUT2D eigenvalue weighted by molar-refractivity contribution is 7.22. The fraction of sp³-hybridized carbons (Fsp3) is 0.364. The van der Waals surface area contributed by atoms with Gasteiger partial charge in [-0.15, -0.1) is 0 Å². The van der Waals surface area contributed by atoms with Crippen LogP contribution in [0.1, 0.15) is 34.3 Å². The smallest absolute Gasteiger partial charge is 0.260 e. The summed E-state index contributed by atoms with van der Waals surface area (Å²) in [6.45, 7) is 5.29. The maximum absolute atomic E-state index is 13.5. The predicted octanol–water partition coefficient (Wildman–Crippen LogP) is 4.75. The van der Waals surface area contributed by atoms with E-state index in [4.69, 9.17) is 14.5 Å². The number of aromatic nitrogens is 1. The first kappa shape index (κ1) is 18.9. The summed E-state index contributed by atoms with van der Waals surface area (Å²) in [5.41, 5.74) is 3.67. The molecule has 1 aliphatic heterocycles. The van der Waals surface area contributed by atoms with Crippen LogP contribution in [0.15, 0.2) is 36.4 Å². The fourth-order valence-electron chi connectivity index (χ4n) is 3.58. The third-order valence-electron chi connectivity index (χ3n) is 5.08. The Bertz CT molecular complexity index is 1010. The van der Waals surface area contributed by atoms with Crippen LogP contribution < -0.4 is 9.64 Å². The van der Waals surface area contributed by atoms with E-state index in [2.05, 4.69) is 0 Å². The Hall–Kier alpha value is -2.44. The molecule has 1 aromatic heterocycles. The molecule has 1 saturated heterocycles. The molecule has 1 amide bonds. The Morgan fingerprint density at radius 2 is 2.14 bits per heavy atom.